The van der Waals surface area contributed by atoms with Crippen molar-refractivity contribution in [2.24, 2.45) is 5.10 Å². The van der Waals surface area contributed by atoms with Gasteiger partial charge in [-0.2, -0.15) is 5.10 Å². The molecule has 0 aliphatic heterocycles. The van der Waals surface area contributed by atoms with Gasteiger partial charge in [-0.1, -0.05) is 51.8 Å². The normalized spacial score (nSPS) is 10.9. The zero-order chi connectivity index (χ0) is 19.9. The lowest BCUT2D eigenvalue weighted by molar-refractivity contribution is 0.284. The standard InChI is InChI=1S/C22H20BrClN2O2/c1-15-6-11-19(12-20(15)24)26-25-13-17-4-3-5-21(27-2)22(17)28-14-16-7-9-18(23)10-8-16/h3-13,26H,14H2,1-2H3. The van der Waals surface area contributed by atoms with E-state index in [0.29, 0.717) is 23.1 Å². The van der Waals surface area contributed by atoms with E-state index in [0.717, 1.165) is 26.9 Å². The SMILES string of the molecule is COc1cccc(C=NNc2ccc(C)c(Cl)c2)c1OCc1ccc(Br)cc1. The molecule has 28 heavy (non-hydrogen) atoms. The summed E-state index contributed by atoms with van der Waals surface area (Å²) in [5.41, 5.74) is 6.69. The average Bonchev–Trinajstić information content (AvgIpc) is 2.70. The molecule has 0 amide bonds. The summed E-state index contributed by atoms with van der Waals surface area (Å²) in [6, 6.07) is 19.4. The Labute approximate surface area is 178 Å². The monoisotopic (exact) mass is 458 g/mol. The molecular formula is C22H20BrClN2O2. The molecular weight excluding hydrogens is 440 g/mol. The number of halogens is 2. The first-order valence-corrected chi connectivity index (χ1v) is 9.83. The van der Waals surface area contributed by atoms with Crippen molar-refractivity contribution in [1.29, 1.82) is 0 Å². The Hall–Kier alpha value is -2.50. The van der Waals surface area contributed by atoms with Crippen LogP contribution < -0.4 is 14.9 Å². The summed E-state index contributed by atoms with van der Waals surface area (Å²) >= 11 is 9.59. The molecule has 0 aliphatic carbocycles. The van der Waals surface area contributed by atoms with Crippen molar-refractivity contribution >= 4 is 39.4 Å². The van der Waals surface area contributed by atoms with Crippen LogP contribution in [0.2, 0.25) is 5.02 Å². The molecule has 0 aliphatic rings. The predicted octanol–water partition coefficient (Wildman–Crippen LogP) is 6.44. The fourth-order valence-electron chi connectivity index (χ4n) is 2.52. The van der Waals surface area contributed by atoms with E-state index in [2.05, 4.69) is 26.5 Å². The van der Waals surface area contributed by atoms with Crippen molar-refractivity contribution in [3.63, 3.8) is 0 Å². The lowest BCUT2D eigenvalue weighted by atomic mass is 10.2. The molecule has 3 rings (SSSR count). The Balaban J connectivity index is 1.76. The summed E-state index contributed by atoms with van der Waals surface area (Å²) in [4.78, 5) is 0. The number of benzene rings is 3. The summed E-state index contributed by atoms with van der Waals surface area (Å²) in [6.07, 6.45) is 1.70. The highest BCUT2D eigenvalue weighted by Gasteiger charge is 2.10. The first kappa shape index (κ1) is 20.2. The Bertz CT molecular complexity index is 975. The molecule has 0 saturated heterocycles. The van der Waals surface area contributed by atoms with Crippen molar-refractivity contribution in [3.05, 3.63) is 86.8 Å². The number of methoxy groups -OCH3 is 1. The van der Waals surface area contributed by atoms with Gasteiger partial charge in [-0.05, 0) is 54.4 Å². The maximum atomic E-state index is 6.15. The van der Waals surface area contributed by atoms with E-state index in [1.165, 1.54) is 0 Å². The number of anilines is 1. The molecule has 4 nitrogen and oxygen atoms in total. The highest BCUT2D eigenvalue weighted by atomic mass is 79.9. The number of para-hydroxylation sites is 1. The molecule has 3 aromatic rings. The van der Waals surface area contributed by atoms with E-state index in [1.807, 2.05) is 67.6 Å². The number of rotatable bonds is 7. The number of hydrogen-bond acceptors (Lipinski definition) is 4. The molecule has 0 spiro atoms. The minimum absolute atomic E-state index is 0.426. The molecule has 0 unspecified atom stereocenters. The quantitative estimate of drug-likeness (QED) is 0.326. The first-order valence-electron chi connectivity index (χ1n) is 8.66. The molecule has 0 heterocycles. The first-order chi connectivity index (χ1) is 13.6. The number of hydrogen-bond donors (Lipinski definition) is 1. The van der Waals surface area contributed by atoms with Gasteiger partial charge in [0.2, 0.25) is 0 Å². The van der Waals surface area contributed by atoms with Crippen molar-refractivity contribution in [2.45, 2.75) is 13.5 Å². The lowest BCUT2D eigenvalue weighted by Gasteiger charge is -2.13. The van der Waals surface area contributed by atoms with E-state index in [1.54, 1.807) is 13.3 Å². The molecule has 0 radical (unpaired) electrons. The van der Waals surface area contributed by atoms with E-state index in [4.69, 9.17) is 21.1 Å². The molecule has 144 valence electrons. The van der Waals surface area contributed by atoms with Gasteiger partial charge in [0, 0.05) is 15.1 Å². The predicted molar refractivity (Wildman–Crippen MR) is 119 cm³/mol. The second-order valence-electron chi connectivity index (χ2n) is 6.13. The van der Waals surface area contributed by atoms with Gasteiger partial charge in [-0.25, -0.2) is 0 Å². The third-order valence-corrected chi connectivity index (χ3v) is 5.03. The highest BCUT2D eigenvalue weighted by molar-refractivity contribution is 9.10. The number of ether oxygens (including phenoxy) is 2. The highest BCUT2D eigenvalue weighted by Crippen LogP contribution is 2.31. The van der Waals surface area contributed by atoms with Gasteiger partial charge in [0.15, 0.2) is 11.5 Å². The van der Waals surface area contributed by atoms with Crippen molar-refractivity contribution in [1.82, 2.24) is 0 Å². The topological polar surface area (TPSA) is 42.8 Å². The molecule has 0 saturated carbocycles. The van der Waals surface area contributed by atoms with Gasteiger partial charge in [-0.3, -0.25) is 5.43 Å². The van der Waals surface area contributed by atoms with Crippen molar-refractivity contribution in [2.75, 3.05) is 12.5 Å². The van der Waals surface area contributed by atoms with E-state index in [9.17, 15) is 0 Å². The van der Waals surface area contributed by atoms with Crippen LogP contribution in [0.5, 0.6) is 11.5 Å². The number of hydrazone groups is 1. The van der Waals surface area contributed by atoms with E-state index < -0.39 is 0 Å². The summed E-state index contributed by atoms with van der Waals surface area (Å²) in [5.74, 6) is 1.29. The minimum Gasteiger partial charge on any atom is -0.493 e. The summed E-state index contributed by atoms with van der Waals surface area (Å²) in [6.45, 7) is 2.39. The van der Waals surface area contributed by atoms with Crippen LogP contribution in [0.15, 0.2) is 70.2 Å². The van der Waals surface area contributed by atoms with E-state index in [-0.39, 0.29) is 0 Å². The largest absolute Gasteiger partial charge is 0.493 e. The number of nitrogens with one attached hydrogen (secondary N) is 1. The second-order valence-corrected chi connectivity index (χ2v) is 7.45. The maximum Gasteiger partial charge on any atom is 0.170 e. The third kappa shape index (κ3) is 5.27. The zero-order valence-electron chi connectivity index (χ0n) is 15.6. The van der Waals surface area contributed by atoms with Gasteiger partial charge in [0.05, 0.1) is 19.0 Å². The summed E-state index contributed by atoms with van der Waals surface area (Å²) in [5, 5.41) is 5.00. The smallest absolute Gasteiger partial charge is 0.170 e. The average molecular weight is 460 g/mol. The van der Waals surface area contributed by atoms with Crippen molar-refractivity contribution in [3.8, 4) is 11.5 Å². The van der Waals surface area contributed by atoms with Crippen LogP contribution in [0.3, 0.4) is 0 Å². The molecule has 6 heteroatoms. The summed E-state index contributed by atoms with van der Waals surface area (Å²) < 4.78 is 12.5. The maximum absolute atomic E-state index is 6.15. The van der Waals surface area contributed by atoms with Gasteiger partial charge in [0.1, 0.15) is 6.61 Å². The van der Waals surface area contributed by atoms with Gasteiger partial charge in [0.25, 0.3) is 0 Å². The van der Waals surface area contributed by atoms with Crippen LogP contribution in [0.4, 0.5) is 5.69 Å². The minimum atomic E-state index is 0.426. The molecule has 0 fully saturated rings. The Kier molecular flexibility index (Phi) is 6.95. The zero-order valence-corrected chi connectivity index (χ0v) is 17.9. The van der Waals surface area contributed by atoms with Crippen molar-refractivity contribution < 1.29 is 9.47 Å². The third-order valence-electron chi connectivity index (χ3n) is 4.09. The van der Waals surface area contributed by atoms with Gasteiger partial charge < -0.3 is 9.47 Å². The molecule has 0 bridgehead atoms. The lowest BCUT2D eigenvalue weighted by Crippen LogP contribution is -2.01. The van der Waals surface area contributed by atoms with Gasteiger partial charge >= 0.3 is 0 Å². The molecule has 0 atom stereocenters. The Morgan fingerprint density at radius 2 is 1.89 bits per heavy atom. The fourth-order valence-corrected chi connectivity index (χ4v) is 2.97. The van der Waals surface area contributed by atoms with Crippen LogP contribution >= 0.6 is 27.5 Å². The van der Waals surface area contributed by atoms with E-state index >= 15 is 0 Å². The Morgan fingerprint density at radius 1 is 1.11 bits per heavy atom. The van der Waals surface area contributed by atoms with Crippen LogP contribution in [0, 0.1) is 6.92 Å². The van der Waals surface area contributed by atoms with Crippen LogP contribution in [-0.4, -0.2) is 13.3 Å². The van der Waals surface area contributed by atoms with Gasteiger partial charge in [-0.15, -0.1) is 0 Å². The van der Waals surface area contributed by atoms with Crippen LogP contribution in [0.1, 0.15) is 16.7 Å². The molecule has 1 N–H and O–H groups in total. The fraction of sp³-hybridized carbons (Fsp3) is 0.136. The molecule has 0 aromatic heterocycles. The van der Waals surface area contributed by atoms with Crippen LogP contribution in [0.25, 0.3) is 0 Å². The second kappa shape index (κ2) is 9.62. The Morgan fingerprint density at radius 3 is 2.61 bits per heavy atom. The molecule has 3 aromatic carbocycles. The van der Waals surface area contributed by atoms with Crippen LogP contribution in [-0.2, 0) is 6.61 Å². The number of nitrogens with zero attached hydrogens (tertiary/aromatic N) is 1. The number of aryl methyl sites for hydroxylation is 1. The summed E-state index contributed by atoms with van der Waals surface area (Å²) in [7, 11) is 1.62.